The zero-order chi connectivity index (χ0) is 10.7. The average molecular weight is 208 g/mol. The first-order chi connectivity index (χ1) is 7.25. The molecule has 1 aliphatic carbocycles. The molecule has 0 bridgehead atoms. The lowest BCUT2D eigenvalue weighted by molar-refractivity contribution is 0.158. The van der Waals surface area contributed by atoms with Gasteiger partial charge in [-0.2, -0.15) is 0 Å². The van der Waals surface area contributed by atoms with Gasteiger partial charge in [-0.05, 0) is 39.2 Å². The maximum atomic E-state index is 4.03. The van der Waals surface area contributed by atoms with E-state index in [4.69, 9.17) is 0 Å². The zero-order valence-corrected chi connectivity index (χ0v) is 9.97. The molecule has 1 atom stereocenters. The maximum Gasteiger partial charge on any atom is 0.0224 e. The summed E-state index contributed by atoms with van der Waals surface area (Å²) >= 11 is 0. The van der Waals surface area contributed by atoms with Gasteiger partial charge in [0.2, 0.25) is 0 Å². The largest absolute Gasteiger partial charge is 0.312 e. The van der Waals surface area contributed by atoms with Gasteiger partial charge in [-0.3, -0.25) is 4.90 Å². The molecular weight excluding hydrogens is 184 g/mol. The molecule has 1 N–H and O–H groups in total. The second-order valence-corrected chi connectivity index (χ2v) is 5.26. The van der Waals surface area contributed by atoms with Gasteiger partial charge in [0, 0.05) is 25.2 Å². The van der Waals surface area contributed by atoms with Crippen LogP contribution in [0.15, 0.2) is 12.2 Å². The van der Waals surface area contributed by atoms with E-state index in [2.05, 4.69) is 23.7 Å². The lowest BCUT2D eigenvalue weighted by Crippen LogP contribution is -2.46. The molecule has 1 saturated heterocycles. The first kappa shape index (κ1) is 11.2. The van der Waals surface area contributed by atoms with Crippen LogP contribution in [0.5, 0.6) is 0 Å². The van der Waals surface area contributed by atoms with Crippen molar-refractivity contribution in [2.75, 3.05) is 19.6 Å². The van der Waals surface area contributed by atoms with E-state index in [1.807, 2.05) is 0 Å². The Bertz CT molecular complexity index is 221. The minimum atomic E-state index is 0.760. The average Bonchev–Trinajstić information content (AvgIpc) is 2.99. The molecule has 86 valence electrons. The molecule has 0 spiro atoms. The molecule has 0 aromatic rings. The Morgan fingerprint density at radius 2 is 2.13 bits per heavy atom. The van der Waals surface area contributed by atoms with Gasteiger partial charge >= 0.3 is 0 Å². The molecule has 15 heavy (non-hydrogen) atoms. The predicted octanol–water partition coefficient (Wildman–Crippen LogP) is 2.17. The summed E-state index contributed by atoms with van der Waals surface area (Å²) in [5, 5.41) is 3.66. The molecule has 0 aromatic heterocycles. The molecule has 1 unspecified atom stereocenters. The fourth-order valence-corrected chi connectivity index (χ4v) is 2.44. The van der Waals surface area contributed by atoms with Crippen LogP contribution in [0.3, 0.4) is 0 Å². The van der Waals surface area contributed by atoms with Crippen LogP contribution in [0.1, 0.15) is 39.0 Å². The van der Waals surface area contributed by atoms with Gasteiger partial charge in [0.1, 0.15) is 0 Å². The van der Waals surface area contributed by atoms with Crippen LogP contribution in [0, 0.1) is 0 Å². The maximum absolute atomic E-state index is 4.03. The molecule has 2 nitrogen and oxygen atoms in total. The number of piperidine rings is 1. The van der Waals surface area contributed by atoms with Crippen molar-refractivity contribution < 1.29 is 0 Å². The monoisotopic (exact) mass is 208 g/mol. The second kappa shape index (κ2) is 5.13. The Morgan fingerprint density at radius 3 is 2.80 bits per heavy atom. The third-order valence-electron chi connectivity index (χ3n) is 3.44. The number of likely N-dealkylation sites (tertiary alicyclic amines) is 1. The number of hydrogen-bond acceptors (Lipinski definition) is 2. The van der Waals surface area contributed by atoms with Gasteiger partial charge in [0.15, 0.2) is 0 Å². The van der Waals surface area contributed by atoms with Crippen molar-refractivity contribution in [3.63, 3.8) is 0 Å². The summed E-state index contributed by atoms with van der Waals surface area (Å²) in [6.45, 7) is 9.72. The van der Waals surface area contributed by atoms with Crippen molar-refractivity contribution in [2.45, 2.75) is 51.1 Å². The van der Waals surface area contributed by atoms with Crippen molar-refractivity contribution in [1.29, 1.82) is 0 Å². The van der Waals surface area contributed by atoms with Crippen molar-refractivity contribution in [3.05, 3.63) is 12.2 Å². The quantitative estimate of drug-likeness (QED) is 0.697. The summed E-state index contributed by atoms with van der Waals surface area (Å²) in [7, 11) is 0. The van der Waals surface area contributed by atoms with Crippen LogP contribution in [-0.4, -0.2) is 36.6 Å². The second-order valence-electron chi connectivity index (χ2n) is 5.26. The molecule has 1 heterocycles. The van der Waals surface area contributed by atoms with E-state index >= 15 is 0 Å². The predicted molar refractivity (Wildman–Crippen MR) is 65.1 cm³/mol. The van der Waals surface area contributed by atoms with E-state index in [1.165, 1.54) is 50.8 Å². The Morgan fingerprint density at radius 1 is 1.33 bits per heavy atom. The van der Waals surface area contributed by atoms with Crippen molar-refractivity contribution in [3.8, 4) is 0 Å². The Hall–Kier alpha value is -0.340. The van der Waals surface area contributed by atoms with Gasteiger partial charge in [-0.15, -0.1) is 0 Å². The van der Waals surface area contributed by atoms with Crippen LogP contribution in [0.25, 0.3) is 0 Å². The lowest BCUT2D eigenvalue weighted by Gasteiger charge is -2.36. The van der Waals surface area contributed by atoms with E-state index < -0.39 is 0 Å². The Labute approximate surface area is 93.7 Å². The van der Waals surface area contributed by atoms with Gasteiger partial charge in [-0.25, -0.2) is 0 Å². The summed E-state index contributed by atoms with van der Waals surface area (Å²) in [5.74, 6) is 0. The third-order valence-corrected chi connectivity index (χ3v) is 3.44. The van der Waals surface area contributed by atoms with Gasteiger partial charge < -0.3 is 5.32 Å². The van der Waals surface area contributed by atoms with Crippen LogP contribution in [0.4, 0.5) is 0 Å². The molecular formula is C13H24N2. The summed E-state index contributed by atoms with van der Waals surface area (Å²) in [4.78, 5) is 2.61. The molecule has 0 radical (unpaired) electrons. The van der Waals surface area contributed by atoms with Crippen molar-refractivity contribution >= 4 is 0 Å². The summed E-state index contributed by atoms with van der Waals surface area (Å²) in [5.41, 5.74) is 1.30. The SMILES string of the molecule is C=C(C)CN1CCCCC1CNC1CC1. The Kier molecular flexibility index (Phi) is 3.81. The standard InChI is InChI=1S/C13H24N2/c1-11(2)10-15-8-4-3-5-13(15)9-14-12-6-7-12/h12-14H,1,3-10H2,2H3. The van der Waals surface area contributed by atoms with Crippen LogP contribution >= 0.6 is 0 Å². The van der Waals surface area contributed by atoms with E-state index in [-0.39, 0.29) is 0 Å². The molecule has 1 aliphatic heterocycles. The molecule has 2 fully saturated rings. The van der Waals surface area contributed by atoms with Gasteiger partial charge in [0.05, 0.1) is 0 Å². The van der Waals surface area contributed by atoms with E-state index in [0.717, 1.165) is 18.6 Å². The van der Waals surface area contributed by atoms with E-state index in [1.54, 1.807) is 0 Å². The summed E-state index contributed by atoms with van der Waals surface area (Å²) in [6, 6.07) is 1.61. The lowest BCUT2D eigenvalue weighted by atomic mass is 10.0. The smallest absolute Gasteiger partial charge is 0.0224 e. The minimum absolute atomic E-state index is 0.760. The van der Waals surface area contributed by atoms with Gasteiger partial charge in [0.25, 0.3) is 0 Å². The highest BCUT2D eigenvalue weighted by Crippen LogP contribution is 2.21. The highest BCUT2D eigenvalue weighted by atomic mass is 15.2. The van der Waals surface area contributed by atoms with Crippen LogP contribution in [-0.2, 0) is 0 Å². The van der Waals surface area contributed by atoms with Crippen molar-refractivity contribution in [1.82, 2.24) is 10.2 Å². The fraction of sp³-hybridized carbons (Fsp3) is 0.846. The van der Waals surface area contributed by atoms with Crippen LogP contribution < -0.4 is 5.32 Å². The molecule has 2 rings (SSSR count). The molecule has 2 aliphatic rings. The number of nitrogens with one attached hydrogen (secondary N) is 1. The number of rotatable bonds is 5. The first-order valence-electron chi connectivity index (χ1n) is 6.37. The minimum Gasteiger partial charge on any atom is -0.312 e. The molecule has 2 heteroatoms. The first-order valence-corrected chi connectivity index (χ1v) is 6.37. The molecule has 0 aromatic carbocycles. The molecule has 1 saturated carbocycles. The summed E-state index contributed by atoms with van der Waals surface area (Å²) in [6.07, 6.45) is 6.93. The fourth-order valence-electron chi connectivity index (χ4n) is 2.44. The molecule has 0 amide bonds. The van der Waals surface area contributed by atoms with Gasteiger partial charge in [-0.1, -0.05) is 18.6 Å². The third kappa shape index (κ3) is 3.62. The number of hydrogen-bond donors (Lipinski definition) is 1. The highest BCUT2D eigenvalue weighted by molar-refractivity contribution is 4.95. The van der Waals surface area contributed by atoms with E-state index in [0.29, 0.717) is 0 Å². The zero-order valence-electron chi connectivity index (χ0n) is 9.97. The number of nitrogens with zero attached hydrogens (tertiary/aromatic N) is 1. The van der Waals surface area contributed by atoms with Crippen molar-refractivity contribution in [2.24, 2.45) is 0 Å². The normalized spacial score (nSPS) is 27.9. The highest BCUT2D eigenvalue weighted by Gasteiger charge is 2.26. The van der Waals surface area contributed by atoms with Crippen LogP contribution in [0.2, 0.25) is 0 Å². The summed E-state index contributed by atoms with van der Waals surface area (Å²) < 4.78 is 0. The Balaban J connectivity index is 1.78. The van der Waals surface area contributed by atoms with E-state index in [9.17, 15) is 0 Å². The topological polar surface area (TPSA) is 15.3 Å².